The van der Waals surface area contributed by atoms with Crippen molar-refractivity contribution >= 4 is 17.3 Å². The molecule has 1 N–H and O–H groups in total. The van der Waals surface area contributed by atoms with E-state index in [-0.39, 0.29) is 35.7 Å². The molecule has 2 aromatic carbocycles. The molecule has 1 amide bonds. The number of nitro benzene ring substituents is 1. The van der Waals surface area contributed by atoms with E-state index in [0.717, 1.165) is 24.9 Å². The van der Waals surface area contributed by atoms with Crippen molar-refractivity contribution in [1.29, 1.82) is 0 Å². The van der Waals surface area contributed by atoms with Crippen molar-refractivity contribution in [3.05, 3.63) is 70.0 Å². The molecule has 130 valence electrons. The molecule has 1 heterocycles. The molecular weight excluding hydrogens is 325 g/mol. The van der Waals surface area contributed by atoms with Crippen molar-refractivity contribution in [2.75, 3.05) is 18.4 Å². The van der Waals surface area contributed by atoms with Crippen molar-refractivity contribution < 1.29 is 14.1 Å². The highest BCUT2D eigenvalue weighted by Crippen LogP contribution is 2.32. The molecule has 1 atom stereocenters. The Morgan fingerprint density at radius 2 is 2.08 bits per heavy atom. The molecule has 1 aliphatic heterocycles. The van der Waals surface area contributed by atoms with Crippen LogP contribution >= 0.6 is 0 Å². The third-order valence-electron chi connectivity index (χ3n) is 4.32. The van der Waals surface area contributed by atoms with Gasteiger partial charge in [0, 0.05) is 12.1 Å². The van der Waals surface area contributed by atoms with Crippen LogP contribution < -0.4 is 5.32 Å². The van der Waals surface area contributed by atoms with Gasteiger partial charge in [0.2, 0.25) is 5.91 Å². The maximum Gasteiger partial charge on any atom is 0.292 e. The minimum absolute atomic E-state index is 0.0211. The van der Waals surface area contributed by atoms with Crippen molar-refractivity contribution in [3.63, 3.8) is 0 Å². The average Bonchev–Trinajstić information content (AvgIpc) is 3.03. The number of anilines is 1. The normalized spacial score (nSPS) is 17.4. The van der Waals surface area contributed by atoms with Crippen LogP contribution in [0.1, 0.15) is 24.4 Å². The molecule has 0 aliphatic carbocycles. The van der Waals surface area contributed by atoms with Gasteiger partial charge in [0.1, 0.15) is 11.5 Å². The number of halogens is 1. The van der Waals surface area contributed by atoms with Gasteiger partial charge in [0.05, 0.1) is 11.5 Å². The highest BCUT2D eigenvalue weighted by atomic mass is 19.1. The third kappa shape index (κ3) is 4.00. The summed E-state index contributed by atoms with van der Waals surface area (Å²) < 4.78 is 13.5. The first-order valence-corrected chi connectivity index (χ1v) is 8.07. The van der Waals surface area contributed by atoms with Gasteiger partial charge in [-0.3, -0.25) is 19.8 Å². The summed E-state index contributed by atoms with van der Waals surface area (Å²) >= 11 is 0. The third-order valence-corrected chi connectivity index (χ3v) is 4.32. The van der Waals surface area contributed by atoms with Gasteiger partial charge in [0.15, 0.2) is 0 Å². The van der Waals surface area contributed by atoms with Crippen LogP contribution in [0, 0.1) is 15.9 Å². The standard InChI is InChI=1S/C18H18FN3O3/c19-14-6-3-5-13(11-14)16-9-4-10-21(16)12-18(23)20-15-7-1-2-8-17(15)22(24)25/h1-3,5-8,11,16H,4,9-10,12H2,(H,20,23). The van der Waals surface area contributed by atoms with Crippen LogP contribution in [0.3, 0.4) is 0 Å². The fraction of sp³-hybridized carbons (Fsp3) is 0.278. The first kappa shape index (κ1) is 17.0. The Balaban J connectivity index is 1.69. The zero-order valence-electron chi connectivity index (χ0n) is 13.5. The molecule has 2 aromatic rings. The lowest BCUT2D eigenvalue weighted by molar-refractivity contribution is -0.383. The fourth-order valence-corrected chi connectivity index (χ4v) is 3.22. The minimum atomic E-state index is -0.527. The number of carbonyl (C=O) groups excluding carboxylic acids is 1. The molecule has 1 saturated heterocycles. The predicted molar refractivity (Wildman–Crippen MR) is 91.7 cm³/mol. The minimum Gasteiger partial charge on any atom is -0.319 e. The van der Waals surface area contributed by atoms with Crippen molar-refractivity contribution in [1.82, 2.24) is 4.90 Å². The summed E-state index contributed by atoms with van der Waals surface area (Å²) in [5.74, 6) is -0.619. The van der Waals surface area contributed by atoms with E-state index in [2.05, 4.69) is 5.32 Å². The van der Waals surface area contributed by atoms with Crippen LogP contribution in [-0.4, -0.2) is 28.8 Å². The zero-order chi connectivity index (χ0) is 17.8. The van der Waals surface area contributed by atoms with Gasteiger partial charge < -0.3 is 5.32 Å². The van der Waals surface area contributed by atoms with Gasteiger partial charge >= 0.3 is 0 Å². The average molecular weight is 343 g/mol. The highest BCUT2D eigenvalue weighted by Gasteiger charge is 2.28. The van der Waals surface area contributed by atoms with Crippen molar-refractivity contribution in [2.24, 2.45) is 0 Å². The van der Waals surface area contributed by atoms with E-state index in [1.54, 1.807) is 18.2 Å². The van der Waals surface area contributed by atoms with Crippen LogP contribution in [-0.2, 0) is 4.79 Å². The van der Waals surface area contributed by atoms with E-state index < -0.39 is 4.92 Å². The van der Waals surface area contributed by atoms with E-state index in [9.17, 15) is 19.3 Å². The summed E-state index contributed by atoms with van der Waals surface area (Å²) in [6, 6.07) is 12.4. The number of nitrogens with zero attached hydrogens (tertiary/aromatic N) is 2. The summed E-state index contributed by atoms with van der Waals surface area (Å²) in [5, 5.41) is 13.6. The highest BCUT2D eigenvalue weighted by molar-refractivity contribution is 5.94. The SMILES string of the molecule is O=C(CN1CCCC1c1cccc(F)c1)Nc1ccccc1[N+](=O)[O-]. The first-order chi connectivity index (χ1) is 12.0. The second-order valence-electron chi connectivity index (χ2n) is 6.01. The number of hydrogen-bond donors (Lipinski definition) is 1. The first-order valence-electron chi connectivity index (χ1n) is 8.07. The Kier molecular flexibility index (Phi) is 5.04. The van der Waals surface area contributed by atoms with Crippen LogP contribution in [0.5, 0.6) is 0 Å². The van der Waals surface area contributed by atoms with E-state index >= 15 is 0 Å². The second-order valence-corrected chi connectivity index (χ2v) is 6.01. The monoisotopic (exact) mass is 343 g/mol. The summed E-state index contributed by atoms with van der Waals surface area (Å²) in [5.41, 5.74) is 0.883. The predicted octanol–water partition coefficient (Wildman–Crippen LogP) is 3.51. The second kappa shape index (κ2) is 7.40. The van der Waals surface area contributed by atoms with Crippen molar-refractivity contribution in [2.45, 2.75) is 18.9 Å². The van der Waals surface area contributed by atoms with E-state index in [4.69, 9.17) is 0 Å². The Hall–Kier alpha value is -2.80. The fourth-order valence-electron chi connectivity index (χ4n) is 3.22. The molecule has 0 spiro atoms. The zero-order valence-corrected chi connectivity index (χ0v) is 13.5. The number of nitrogens with one attached hydrogen (secondary N) is 1. The number of rotatable bonds is 5. The summed E-state index contributed by atoms with van der Waals surface area (Å²) in [4.78, 5) is 24.8. The molecule has 1 aliphatic rings. The van der Waals surface area contributed by atoms with Gasteiger partial charge in [-0.2, -0.15) is 0 Å². The van der Waals surface area contributed by atoms with E-state index in [1.807, 2.05) is 11.0 Å². The van der Waals surface area contributed by atoms with Crippen LogP contribution in [0.15, 0.2) is 48.5 Å². The summed E-state index contributed by atoms with van der Waals surface area (Å²) in [7, 11) is 0. The Morgan fingerprint density at radius 1 is 1.28 bits per heavy atom. The molecule has 0 radical (unpaired) electrons. The smallest absolute Gasteiger partial charge is 0.292 e. The van der Waals surface area contributed by atoms with Gasteiger partial charge in [-0.15, -0.1) is 0 Å². The lowest BCUT2D eigenvalue weighted by atomic mass is 10.0. The maximum atomic E-state index is 13.5. The number of carbonyl (C=O) groups is 1. The molecule has 0 aromatic heterocycles. The number of likely N-dealkylation sites (tertiary alicyclic amines) is 1. The van der Waals surface area contributed by atoms with Gasteiger partial charge in [0.25, 0.3) is 5.69 Å². The summed E-state index contributed by atoms with van der Waals surface area (Å²) in [6.45, 7) is 0.832. The Labute approximate surface area is 144 Å². The molecule has 0 bridgehead atoms. The Morgan fingerprint density at radius 3 is 2.84 bits per heavy atom. The quantitative estimate of drug-likeness (QED) is 0.666. The number of hydrogen-bond acceptors (Lipinski definition) is 4. The number of nitro groups is 1. The molecule has 6 nitrogen and oxygen atoms in total. The molecule has 1 fully saturated rings. The van der Waals surface area contributed by atoms with Gasteiger partial charge in [-0.05, 0) is 43.1 Å². The van der Waals surface area contributed by atoms with Gasteiger partial charge in [-0.1, -0.05) is 24.3 Å². The van der Waals surface area contributed by atoms with Crippen LogP contribution in [0.4, 0.5) is 15.8 Å². The largest absolute Gasteiger partial charge is 0.319 e. The van der Waals surface area contributed by atoms with Crippen molar-refractivity contribution in [3.8, 4) is 0 Å². The van der Waals surface area contributed by atoms with Crippen LogP contribution in [0.25, 0.3) is 0 Å². The van der Waals surface area contributed by atoms with E-state index in [0.29, 0.717) is 0 Å². The molecule has 3 rings (SSSR count). The number of benzene rings is 2. The molecule has 0 saturated carbocycles. The van der Waals surface area contributed by atoms with Crippen LogP contribution in [0.2, 0.25) is 0 Å². The topological polar surface area (TPSA) is 75.5 Å². The molecule has 7 heteroatoms. The van der Waals surface area contributed by atoms with E-state index in [1.165, 1.54) is 24.3 Å². The lowest BCUT2D eigenvalue weighted by Crippen LogP contribution is -2.33. The lowest BCUT2D eigenvalue weighted by Gasteiger charge is -2.24. The number of para-hydroxylation sites is 2. The molecule has 25 heavy (non-hydrogen) atoms. The summed E-state index contributed by atoms with van der Waals surface area (Å²) in [6.07, 6.45) is 1.77. The maximum absolute atomic E-state index is 13.5. The molecule has 1 unspecified atom stereocenters. The van der Waals surface area contributed by atoms with Gasteiger partial charge in [-0.25, -0.2) is 4.39 Å². The number of amides is 1. The molecular formula is C18H18FN3O3. The Bertz CT molecular complexity index is 797.